The lowest BCUT2D eigenvalue weighted by molar-refractivity contribution is 0.0997. The van der Waals surface area contributed by atoms with Crippen molar-refractivity contribution in [1.29, 1.82) is 0 Å². The molecular formula is C29H33N9O4. The molecule has 0 spiro atoms. The van der Waals surface area contributed by atoms with E-state index in [4.69, 9.17) is 21.6 Å². The van der Waals surface area contributed by atoms with Crippen LogP contribution in [0.3, 0.4) is 0 Å². The molecule has 5 rings (SSSR count). The molecule has 0 aliphatic heterocycles. The second-order valence-electron chi connectivity index (χ2n) is 9.91. The van der Waals surface area contributed by atoms with Crippen LogP contribution in [0.2, 0.25) is 0 Å². The summed E-state index contributed by atoms with van der Waals surface area (Å²) in [4.78, 5) is 29.7. The number of carbonyl (C=O) groups excluding carboxylic acids is 2. The molecule has 13 heteroatoms. The minimum Gasteiger partial charge on any atom is -0.462 e. The molecule has 218 valence electrons. The van der Waals surface area contributed by atoms with Crippen molar-refractivity contribution in [2.24, 2.45) is 11.5 Å². The summed E-state index contributed by atoms with van der Waals surface area (Å²) in [5, 5.41) is 21.1. The molecule has 13 nitrogen and oxygen atoms in total. The molecule has 0 aliphatic carbocycles. The lowest BCUT2D eigenvalue weighted by Crippen LogP contribution is -2.20. The molecule has 0 saturated carbocycles. The Balaban J connectivity index is 1.42. The molecule has 9 N–H and O–H groups in total. The number of fused-ring (bicyclic) bond motifs is 2. The Hall–Kier alpha value is -5.14. The molecule has 1 atom stereocenters. The second kappa shape index (κ2) is 11.4. The van der Waals surface area contributed by atoms with Crippen molar-refractivity contribution in [3.63, 3.8) is 0 Å². The van der Waals surface area contributed by atoms with Gasteiger partial charge in [-0.05, 0) is 62.2 Å². The van der Waals surface area contributed by atoms with Crippen LogP contribution in [-0.2, 0) is 13.1 Å². The van der Waals surface area contributed by atoms with Crippen molar-refractivity contribution in [3.8, 4) is 0 Å². The maximum absolute atomic E-state index is 13.2. The summed E-state index contributed by atoms with van der Waals surface area (Å²) in [5.74, 6) is -0.592. The fourth-order valence-corrected chi connectivity index (χ4v) is 5.05. The Morgan fingerprint density at radius 3 is 2.69 bits per heavy atom. The number of primary amides is 1. The predicted octanol–water partition coefficient (Wildman–Crippen LogP) is 3.17. The zero-order valence-electron chi connectivity index (χ0n) is 23.5. The number of hydrogen-bond acceptors (Lipinski definition) is 9. The van der Waals surface area contributed by atoms with Gasteiger partial charge < -0.3 is 36.6 Å². The zero-order valence-corrected chi connectivity index (χ0v) is 23.5. The maximum Gasteiger partial charge on any atom is 0.276 e. The van der Waals surface area contributed by atoms with Crippen LogP contribution in [0.5, 0.6) is 0 Å². The first-order chi connectivity index (χ1) is 20.1. The van der Waals surface area contributed by atoms with E-state index in [0.29, 0.717) is 64.7 Å². The van der Waals surface area contributed by atoms with Crippen LogP contribution in [0.4, 0.5) is 17.3 Å². The summed E-state index contributed by atoms with van der Waals surface area (Å²) in [7, 11) is 0. The molecule has 1 unspecified atom stereocenters. The normalized spacial score (nSPS) is 12.4. The maximum atomic E-state index is 13.2. The largest absolute Gasteiger partial charge is 0.462 e. The van der Waals surface area contributed by atoms with Crippen LogP contribution in [0.1, 0.15) is 50.8 Å². The van der Waals surface area contributed by atoms with Gasteiger partial charge in [0, 0.05) is 25.0 Å². The number of allylic oxidation sites excluding steroid dienone is 1. The van der Waals surface area contributed by atoms with E-state index in [2.05, 4.69) is 20.7 Å². The smallest absolute Gasteiger partial charge is 0.276 e. The van der Waals surface area contributed by atoms with Gasteiger partial charge >= 0.3 is 0 Å². The number of benzene rings is 2. The number of nitrogens with one attached hydrogen (secondary N) is 2. The number of hydrogen-bond donors (Lipinski definition) is 6. The lowest BCUT2D eigenvalue weighted by Gasteiger charge is -2.12. The summed E-state index contributed by atoms with van der Waals surface area (Å²) in [6.45, 7) is 6.94. The van der Waals surface area contributed by atoms with Crippen LogP contribution >= 0.6 is 0 Å². The molecule has 3 heterocycles. The van der Waals surface area contributed by atoms with Crippen molar-refractivity contribution in [3.05, 3.63) is 76.8 Å². The van der Waals surface area contributed by atoms with Crippen LogP contribution in [-0.4, -0.2) is 42.8 Å². The molecule has 5 aromatic rings. The van der Waals surface area contributed by atoms with Crippen molar-refractivity contribution in [2.45, 2.75) is 40.1 Å². The first kappa shape index (κ1) is 28.4. The van der Waals surface area contributed by atoms with Gasteiger partial charge in [-0.1, -0.05) is 12.2 Å². The van der Waals surface area contributed by atoms with Crippen molar-refractivity contribution >= 4 is 51.1 Å². The van der Waals surface area contributed by atoms with Crippen LogP contribution in [0.25, 0.3) is 22.0 Å². The number of aliphatic hydroxyl groups excluding tert-OH is 1. The molecule has 0 bridgehead atoms. The number of nitrogens with zero attached hydrogens (tertiary/aromatic N) is 4. The molecule has 42 heavy (non-hydrogen) atoms. The van der Waals surface area contributed by atoms with E-state index < -0.39 is 12.1 Å². The Kier molecular flexibility index (Phi) is 7.70. The SMILES string of the molecule is CCn1nc(C)cc1C(=O)Nc1nc2cc(C(N)O)cc(C)c2n1C/C=C/CNc1c(N)cc(C(N)=O)c2ccoc12. The highest BCUT2D eigenvalue weighted by atomic mass is 16.3. The van der Waals surface area contributed by atoms with Gasteiger partial charge in [0.1, 0.15) is 17.6 Å². The third-order valence-corrected chi connectivity index (χ3v) is 6.94. The molecule has 3 aromatic heterocycles. The number of nitrogens with two attached hydrogens (primary N) is 3. The van der Waals surface area contributed by atoms with Gasteiger partial charge in [-0.25, -0.2) is 4.98 Å². The number of imidazole rings is 1. The number of nitrogen functional groups attached to an aromatic ring is 1. The van der Waals surface area contributed by atoms with E-state index in [1.165, 1.54) is 12.3 Å². The van der Waals surface area contributed by atoms with Gasteiger partial charge in [0.15, 0.2) is 5.58 Å². The number of amides is 2. The fourth-order valence-electron chi connectivity index (χ4n) is 5.05. The van der Waals surface area contributed by atoms with Gasteiger partial charge in [-0.2, -0.15) is 5.10 Å². The van der Waals surface area contributed by atoms with E-state index in [1.807, 2.05) is 37.5 Å². The number of furan rings is 1. The number of aliphatic hydroxyl groups is 1. The van der Waals surface area contributed by atoms with E-state index in [0.717, 1.165) is 16.8 Å². The molecular weight excluding hydrogens is 538 g/mol. The molecule has 0 radical (unpaired) electrons. The third kappa shape index (κ3) is 5.30. The Morgan fingerprint density at radius 1 is 1.19 bits per heavy atom. The van der Waals surface area contributed by atoms with Gasteiger partial charge in [-0.3, -0.25) is 19.6 Å². The average molecular weight is 572 g/mol. The minimum atomic E-state index is -1.16. The molecule has 2 aromatic carbocycles. The number of aryl methyl sites for hydroxylation is 3. The topological polar surface area (TPSA) is 205 Å². The zero-order chi connectivity index (χ0) is 30.1. The Labute approximate surface area is 241 Å². The quantitative estimate of drug-likeness (QED) is 0.0826. The molecule has 2 amide bonds. The van der Waals surface area contributed by atoms with Gasteiger partial charge in [-0.15, -0.1) is 0 Å². The number of aromatic nitrogens is 4. The average Bonchev–Trinajstić information content (AvgIpc) is 3.66. The van der Waals surface area contributed by atoms with E-state index >= 15 is 0 Å². The summed E-state index contributed by atoms with van der Waals surface area (Å²) < 4.78 is 9.09. The second-order valence-corrected chi connectivity index (χ2v) is 9.91. The van der Waals surface area contributed by atoms with Crippen molar-refractivity contribution in [2.75, 3.05) is 22.9 Å². The van der Waals surface area contributed by atoms with Crippen molar-refractivity contribution in [1.82, 2.24) is 19.3 Å². The fraction of sp³-hybridized carbons (Fsp3) is 0.241. The summed E-state index contributed by atoms with van der Waals surface area (Å²) >= 11 is 0. The van der Waals surface area contributed by atoms with Crippen LogP contribution < -0.4 is 27.8 Å². The van der Waals surface area contributed by atoms with Crippen molar-refractivity contribution < 1.29 is 19.1 Å². The summed E-state index contributed by atoms with van der Waals surface area (Å²) in [5.41, 5.74) is 22.9. The molecule has 0 saturated heterocycles. The third-order valence-electron chi connectivity index (χ3n) is 6.94. The number of rotatable bonds is 10. The van der Waals surface area contributed by atoms with Crippen LogP contribution in [0, 0.1) is 13.8 Å². The first-order valence-electron chi connectivity index (χ1n) is 13.4. The highest BCUT2D eigenvalue weighted by molar-refractivity contribution is 6.11. The first-order valence-corrected chi connectivity index (χ1v) is 13.4. The lowest BCUT2D eigenvalue weighted by atomic mass is 10.1. The van der Waals surface area contributed by atoms with Gasteiger partial charge in [0.05, 0.1) is 34.2 Å². The van der Waals surface area contributed by atoms with Crippen LogP contribution in [0.15, 0.2) is 53.2 Å². The molecule has 0 fully saturated rings. The predicted molar refractivity (Wildman–Crippen MR) is 161 cm³/mol. The Morgan fingerprint density at radius 2 is 1.98 bits per heavy atom. The highest BCUT2D eigenvalue weighted by Gasteiger charge is 2.20. The van der Waals surface area contributed by atoms with Gasteiger partial charge in [0.25, 0.3) is 5.91 Å². The highest BCUT2D eigenvalue weighted by Crippen LogP contribution is 2.33. The van der Waals surface area contributed by atoms with Gasteiger partial charge in [0.2, 0.25) is 11.9 Å². The number of anilines is 3. The monoisotopic (exact) mass is 571 g/mol. The standard InChI is InChI=1S/C29H33N9O4/c1-4-38-22(12-16(3)36-38)28(41)35-29-34-21-13-17(26(31)39)11-15(2)24(21)37(29)9-6-5-8-33-23-20(30)14-19(27(32)40)18-7-10-42-25(18)23/h5-7,10-14,26,33,39H,4,8-9,30-31H2,1-3H3,(H2,32,40)(H,34,35,41)/b6-5+. The number of carbonyl (C=O) groups is 2. The summed E-state index contributed by atoms with van der Waals surface area (Å²) in [6.07, 6.45) is 4.14. The van der Waals surface area contributed by atoms with E-state index in [-0.39, 0.29) is 11.5 Å². The molecule has 0 aliphatic rings. The Bertz CT molecular complexity index is 1850. The summed E-state index contributed by atoms with van der Waals surface area (Å²) in [6, 6.07) is 8.42. The van der Waals surface area contributed by atoms with E-state index in [9.17, 15) is 14.7 Å². The minimum absolute atomic E-state index is 0.289. The van der Waals surface area contributed by atoms with E-state index in [1.54, 1.807) is 28.9 Å².